The molecule has 1 aromatic heterocycles. The summed E-state index contributed by atoms with van der Waals surface area (Å²) in [5, 5.41) is 0.854. The van der Waals surface area contributed by atoms with E-state index in [-0.39, 0.29) is 6.04 Å². The Labute approximate surface area is 148 Å². The molecule has 1 atom stereocenters. The van der Waals surface area contributed by atoms with Gasteiger partial charge in [0.1, 0.15) is 4.90 Å². The molecule has 1 aliphatic heterocycles. The van der Waals surface area contributed by atoms with Crippen molar-refractivity contribution in [2.24, 2.45) is 0 Å². The molecule has 2 aromatic rings. The molecule has 2 heterocycles. The molecule has 0 radical (unpaired) electrons. The van der Waals surface area contributed by atoms with E-state index in [1.165, 1.54) is 0 Å². The zero-order valence-electron chi connectivity index (χ0n) is 14.1. The number of nitrogens with zero attached hydrogens (tertiary/aromatic N) is 3. The Bertz CT molecular complexity index is 803. The molecule has 1 fully saturated rings. The lowest BCUT2D eigenvalue weighted by molar-refractivity contribution is 0.271. The van der Waals surface area contributed by atoms with E-state index in [4.69, 9.17) is 0 Å². The normalized spacial score (nSPS) is 20.4. The van der Waals surface area contributed by atoms with Gasteiger partial charge in [-0.05, 0) is 38.4 Å². The van der Waals surface area contributed by atoms with E-state index < -0.39 is 10.0 Å². The molecule has 24 heavy (non-hydrogen) atoms. The number of likely N-dealkylation sites (N-methyl/N-ethyl adjacent to an activating group) is 1. The Balaban J connectivity index is 2.06. The standard InChI is InChI=1S/C17H23N3O2S2/c1-19(2)12-15-13-23-11-5-10-20(15)24(21,22)16-8-3-6-14-7-4-9-18-17(14)16/h3-4,6-9,15H,5,10-13H2,1-2H3. The van der Waals surface area contributed by atoms with Gasteiger partial charge in [0.15, 0.2) is 0 Å². The molecule has 130 valence electrons. The SMILES string of the molecule is CN(C)CC1CSCCCN1S(=O)(=O)c1cccc2cccnc12. The summed E-state index contributed by atoms with van der Waals surface area (Å²) >= 11 is 1.84. The first kappa shape index (κ1) is 17.7. The van der Waals surface area contributed by atoms with E-state index in [2.05, 4.69) is 9.88 Å². The Morgan fingerprint density at radius 2 is 2.08 bits per heavy atom. The third-order valence-corrected chi connectivity index (χ3v) is 7.32. The summed E-state index contributed by atoms with van der Waals surface area (Å²) < 4.78 is 28.5. The van der Waals surface area contributed by atoms with E-state index >= 15 is 0 Å². The van der Waals surface area contributed by atoms with Gasteiger partial charge in [-0.25, -0.2) is 8.42 Å². The van der Waals surface area contributed by atoms with Crippen molar-refractivity contribution in [2.75, 3.05) is 38.7 Å². The fourth-order valence-electron chi connectivity index (χ4n) is 3.10. The molecule has 7 heteroatoms. The lowest BCUT2D eigenvalue weighted by Crippen LogP contribution is -2.46. The van der Waals surface area contributed by atoms with Crippen LogP contribution in [0.1, 0.15) is 6.42 Å². The van der Waals surface area contributed by atoms with E-state index in [1.54, 1.807) is 22.6 Å². The van der Waals surface area contributed by atoms with Crippen LogP contribution >= 0.6 is 11.8 Å². The van der Waals surface area contributed by atoms with Crippen molar-refractivity contribution in [2.45, 2.75) is 17.4 Å². The first-order valence-electron chi connectivity index (χ1n) is 8.08. The van der Waals surface area contributed by atoms with Crippen LogP contribution in [0.25, 0.3) is 10.9 Å². The minimum absolute atomic E-state index is 0.0172. The fraction of sp³-hybridized carbons (Fsp3) is 0.471. The predicted octanol–water partition coefficient (Wildman–Crippen LogP) is 2.29. The molecule has 1 aliphatic rings. The van der Waals surface area contributed by atoms with Crippen molar-refractivity contribution in [1.82, 2.24) is 14.2 Å². The molecule has 0 N–H and O–H groups in total. The predicted molar refractivity (Wildman–Crippen MR) is 99.9 cm³/mol. The lowest BCUT2D eigenvalue weighted by atomic mass is 10.2. The van der Waals surface area contributed by atoms with Crippen LogP contribution < -0.4 is 0 Å². The minimum atomic E-state index is -3.58. The molecule has 1 saturated heterocycles. The zero-order valence-corrected chi connectivity index (χ0v) is 15.7. The van der Waals surface area contributed by atoms with Crippen molar-refractivity contribution in [1.29, 1.82) is 0 Å². The molecule has 5 nitrogen and oxygen atoms in total. The summed E-state index contributed by atoms with van der Waals surface area (Å²) in [6, 6.07) is 9.08. The number of thioether (sulfide) groups is 1. The van der Waals surface area contributed by atoms with Crippen LogP contribution in [0.2, 0.25) is 0 Å². The first-order chi connectivity index (χ1) is 11.5. The van der Waals surface area contributed by atoms with Crippen molar-refractivity contribution in [3.05, 3.63) is 36.5 Å². The van der Waals surface area contributed by atoms with E-state index in [0.29, 0.717) is 17.0 Å². The topological polar surface area (TPSA) is 53.5 Å². The quantitative estimate of drug-likeness (QED) is 0.832. The minimum Gasteiger partial charge on any atom is -0.308 e. The van der Waals surface area contributed by atoms with Crippen molar-refractivity contribution >= 4 is 32.7 Å². The second kappa shape index (κ2) is 7.39. The van der Waals surface area contributed by atoms with E-state index in [1.807, 2.05) is 44.1 Å². The van der Waals surface area contributed by atoms with Crippen LogP contribution in [-0.4, -0.2) is 67.3 Å². The summed E-state index contributed by atoms with van der Waals surface area (Å²) in [6.07, 6.45) is 2.53. The molecule has 0 amide bonds. The highest BCUT2D eigenvalue weighted by molar-refractivity contribution is 7.99. The zero-order chi connectivity index (χ0) is 17.2. The molecule has 0 aliphatic carbocycles. The average molecular weight is 366 g/mol. The third-order valence-electron chi connectivity index (χ3n) is 4.14. The number of hydrogen-bond donors (Lipinski definition) is 0. The molecule has 1 unspecified atom stereocenters. The van der Waals surface area contributed by atoms with Gasteiger partial charge < -0.3 is 4.90 Å². The van der Waals surface area contributed by atoms with Crippen molar-refractivity contribution in [3.63, 3.8) is 0 Å². The molecule has 3 rings (SSSR count). The van der Waals surface area contributed by atoms with Gasteiger partial charge >= 0.3 is 0 Å². The summed E-state index contributed by atoms with van der Waals surface area (Å²) in [6.45, 7) is 1.29. The maximum absolute atomic E-state index is 13.4. The number of hydrogen-bond acceptors (Lipinski definition) is 5. The number of aromatic nitrogens is 1. The van der Waals surface area contributed by atoms with Gasteiger partial charge in [0.2, 0.25) is 10.0 Å². The largest absolute Gasteiger partial charge is 0.308 e. The van der Waals surface area contributed by atoms with Crippen LogP contribution in [0.4, 0.5) is 0 Å². The highest BCUT2D eigenvalue weighted by Gasteiger charge is 2.34. The molecular weight excluding hydrogens is 342 g/mol. The van der Waals surface area contributed by atoms with Crippen LogP contribution in [0.15, 0.2) is 41.4 Å². The Hall–Kier alpha value is -1.15. The highest BCUT2D eigenvalue weighted by Crippen LogP contribution is 2.28. The fourth-order valence-corrected chi connectivity index (χ4v) is 6.07. The van der Waals surface area contributed by atoms with Gasteiger partial charge in [-0.1, -0.05) is 18.2 Å². The Kier molecular flexibility index (Phi) is 5.44. The van der Waals surface area contributed by atoms with Crippen LogP contribution in [-0.2, 0) is 10.0 Å². The van der Waals surface area contributed by atoms with Gasteiger partial charge in [0.05, 0.1) is 5.52 Å². The summed E-state index contributed by atoms with van der Waals surface area (Å²) in [7, 11) is 0.396. The lowest BCUT2D eigenvalue weighted by Gasteiger charge is -2.31. The van der Waals surface area contributed by atoms with Crippen molar-refractivity contribution < 1.29 is 8.42 Å². The summed E-state index contributed by atoms with van der Waals surface area (Å²) in [5.74, 6) is 1.83. The second-order valence-corrected chi connectivity index (χ2v) is 9.30. The maximum Gasteiger partial charge on any atom is 0.245 e. The van der Waals surface area contributed by atoms with Gasteiger partial charge in [-0.3, -0.25) is 4.98 Å². The number of sulfonamides is 1. The molecule has 1 aromatic carbocycles. The van der Waals surface area contributed by atoms with Gasteiger partial charge in [0.25, 0.3) is 0 Å². The van der Waals surface area contributed by atoms with Gasteiger partial charge in [0, 0.05) is 36.5 Å². The smallest absolute Gasteiger partial charge is 0.245 e. The number of pyridine rings is 1. The number of fused-ring (bicyclic) bond motifs is 1. The molecule has 0 saturated carbocycles. The number of rotatable bonds is 4. The van der Waals surface area contributed by atoms with Gasteiger partial charge in [-0.15, -0.1) is 0 Å². The van der Waals surface area contributed by atoms with Crippen molar-refractivity contribution in [3.8, 4) is 0 Å². The molecular formula is C17H23N3O2S2. The third kappa shape index (κ3) is 3.59. The maximum atomic E-state index is 13.4. The average Bonchev–Trinajstić information content (AvgIpc) is 2.79. The molecule has 0 spiro atoms. The molecule has 0 bridgehead atoms. The van der Waals surface area contributed by atoms with E-state index in [9.17, 15) is 8.42 Å². The number of benzene rings is 1. The first-order valence-corrected chi connectivity index (χ1v) is 10.7. The van der Waals surface area contributed by atoms with Gasteiger partial charge in [-0.2, -0.15) is 16.1 Å². The second-order valence-electron chi connectivity index (χ2n) is 6.29. The summed E-state index contributed by atoms with van der Waals surface area (Å²) in [4.78, 5) is 6.70. The Morgan fingerprint density at radius 1 is 1.29 bits per heavy atom. The van der Waals surface area contributed by atoms with E-state index in [0.717, 1.165) is 29.9 Å². The number of para-hydroxylation sites is 1. The Morgan fingerprint density at radius 3 is 2.88 bits per heavy atom. The summed E-state index contributed by atoms with van der Waals surface area (Å²) in [5.41, 5.74) is 0.556. The monoisotopic (exact) mass is 365 g/mol. The highest BCUT2D eigenvalue weighted by atomic mass is 32.2. The van der Waals surface area contributed by atoms with Crippen LogP contribution in [0.3, 0.4) is 0 Å². The van der Waals surface area contributed by atoms with Crippen LogP contribution in [0.5, 0.6) is 0 Å². The van der Waals surface area contributed by atoms with Crippen LogP contribution in [0, 0.1) is 0 Å².